The minimum absolute atomic E-state index is 0.115. The molecule has 0 aliphatic carbocycles. The maximum absolute atomic E-state index is 9.55. The second-order valence-electron chi connectivity index (χ2n) is 6.96. The van der Waals surface area contributed by atoms with Gasteiger partial charge in [0, 0.05) is 41.8 Å². The molecule has 29 heavy (non-hydrogen) atoms. The lowest BCUT2D eigenvalue weighted by Crippen LogP contribution is -2.01. The van der Waals surface area contributed by atoms with E-state index in [0.29, 0.717) is 19.6 Å². The molecule has 4 aromatic rings. The fraction of sp³-hybridized carbons (Fsp3) is 0.125. The van der Waals surface area contributed by atoms with Gasteiger partial charge in [-0.1, -0.05) is 24.8 Å². The number of nitrogens with zero attached hydrogens (tertiary/aromatic N) is 1. The minimum Gasteiger partial charge on any atom is -0.513 e. The minimum atomic E-state index is 0.115. The van der Waals surface area contributed by atoms with Gasteiger partial charge in [-0.3, -0.25) is 4.98 Å². The fourth-order valence-corrected chi connectivity index (χ4v) is 3.48. The number of nitrogens with two attached hydrogens (primary N) is 1. The Morgan fingerprint density at radius 3 is 2.83 bits per heavy atom. The van der Waals surface area contributed by atoms with Crippen molar-refractivity contribution in [2.75, 3.05) is 0 Å². The lowest BCUT2D eigenvalue weighted by Gasteiger charge is -2.13. The number of aromatic amines is 1. The van der Waals surface area contributed by atoms with Gasteiger partial charge in [-0.25, -0.2) is 0 Å². The number of pyridine rings is 1. The van der Waals surface area contributed by atoms with Crippen LogP contribution in [0.4, 0.5) is 0 Å². The van der Waals surface area contributed by atoms with Gasteiger partial charge in [0.1, 0.15) is 12.4 Å². The van der Waals surface area contributed by atoms with Crippen molar-refractivity contribution in [3.63, 3.8) is 0 Å². The van der Waals surface area contributed by atoms with E-state index in [1.54, 1.807) is 6.20 Å². The second-order valence-corrected chi connectivity index (χ2v) is 6.96. The van der Waals surface area contributed by atoms with Crippen LogP contribution in [0.3, 0.4) is 0 Å². The van der Waals surface area contributed by atoms with Gasteiger partial charge in [0.15, 0.2) is 0 Å². The number of aliphatic hydroxyl groups excluding tert-OH is 1. The van der Waals surface area contributed by atoms with Crippen LogP contribution in [0.5, 0.6) is 5.75 Å². The Labute approximate surface area is 169 Å². The molecular weight excluding hydrogens is 362 g/mol. The number of hydrogen-bond donors (Lipinski definition) is 3. The predicted molar refractivity (Wildman–Crippen MR) is 116 cm³/mol. The van der Waals surface area contributed by atoms with E-state index in [4.69, 9.17) is 10.5 Å². The summed E-state index contributed by atoms with van der Waals surface area (Å²) in [7, 11) is 0. The molecule has 146 valence electrons. The summed E-state index contributed by atoms with van der Waals surface area (Å²) in [5.41, 5.74) is 11.8. The molecule has 0 saturated heterocycles. The topological polar surface area (TPSA) is 84.2 Å². The summed E-state index contributed by atoms with van der Waals surface area (Å²) >= 11 is 0. The van der Waals surface area contributed by atoms with E-state index in [-0.39, 0.29) is 5.76 Å². The van der Waals surface area contributed by atoms with E-state index >= 15 is 0 Å². The maximum Gasteiger partial charge on any atom is 0.123 e. The van der Waals surface area contributed by atoms with Gasteiger partial charge in [-0.05, 0) is 53.1 Å². The molecule has 0 aliphatic heterocycles. The number of H-pyrrole nitrogens is 1. The largest absolute Gasteiger partial charge is 0.513 e. The molecule has 0 bridgehead atoms. The van der Waals surface area contributed by atoms with Gasteiger partial charge in [0.2, 0.25) is 0 Å². The summed E-state index contributed by atoms with van der Waals surface area (Å²) in [5, 5.41) is 10.7. The number of hydrogen-bond acceptors (Lipinski definition) is 4. The summed E-state index contributed by atoms with van der Waals surface area (Å²) in [4.78, 5) is 7.59. The number of rotatable bonds is 7. The number of benzene rings is 2. The Kier molecular flexibility index (Phi) is 5.31. The molecule has 5 nitrogen and oxygen atoms in total. The van der Waals surface area contributed by atoms with E-state index in [1.807, 2.05) is 42.6 Å². The average Bonchev–Trinajstić information content (AvgIpc) is 3.21. The molecule has 0 radical (unpaired) electrons. The maximum atomic E-state index is 9.55. The standard InChI is InChI=1S/C24H23N3O2/c1-16(28)10-19-4-2-3-5-24(19)29-15-17-11-22(21-7-9-27-23(21)12-17)18-6-8-26-20(13-18)14-25/h2-9,11-13,27-28H,1,10,14-15,25H2. The normalized spacial score (nSPS) is 10.9. The highest BCUT2D eigenvalue weighted by Crippen LogP contribution is 2.31. The van der Waals surface area contributed by atoms with E-state index in [1.165, 1.54) is 0 Å². The zero-order valence-corrected chi connectivity index (χ0v) is 16.1. The molecule has 0 spiro atoms. The summed E-state index contributed by atoms with van der Waals surface area (Å²) in [5.74, 6) is 0.856. The number of ether oxygens (including phenoxy) is 1. The van der Waals surface area contributed by atoms with Crippen LogP contribution in [0.25, 0.3) is 22.0 Å². The molecule has 2 aromatic heterocycles. The van der Waals surface area contributed by atoms with Gasteiger partial charge in [0.25, 0.3) is 0 Å². The molecule has 0 atom stereocenters. The van der Waals surface area contributed by atoms with Gasteiger partial charge < -0.3 is 20.6 Å². The highest BCUT2D eigenvalue weighted by molar-refractivity contribution is 5.95. The molecule has 0 unspecified atom stereocenters. The number of allylic oxidation sites excluding steroid dienone is 1. The number of aliphatic hydroxyl groups is 1. The van der Waals surface area contributed by atoms with E-state index in [0.717, 1.165) is 44.6 Å². The van der Waals surface area contributed by atoms with Crippen molar-refractivity contribution in [1.82, 2.24) is 9.97 Å². The molecule has 2 heterocycles. The molecule has 0 amide bonds. The molecule has 0 aliphatic rings. The molecule has 4 rings (SSSR count). The highest BCUT2D eigenvalue weighted by Gasteiger charge is 2.10. The Morgan fingerprint density at radius 2 is 2.00 bits per heavy atom. The van der Waals surface area contributed by atoms with E-state index in [9.17, 15) is 5.11 Å². The first-order valence-electron chi connectivity index (χ1n) is 9.47. The third kappa shape index (κ3) is 4.15. The van der Waals surface area contributed by atoms with Crippen LogP contribution in [-0.2, 0) is 19.6 Å². The summed E-state index contributed by atoms with van der Waals surface area (Å²) in [6.45, 7) is 4.39. The first-order chi connectivity index (χ1) is 14.1. The van der Waals surface area contributed by atoms with Gasteiger partial charge in [-0.15, -0.1) is 0 Å². The monoisotopic (exact) mass is 385 g/mol. The van der Waals surface area contributed by atoms with Crippen LogP contribution in [-0.4, -0.2) is 15.1 Å². The first-order valence-corrected chi connectivity index (χ1v) is 9.47. The van der Waals surface area contributed by atoms with Crippen LogP contribution >= 0.6 is 0 Å². The van der Waals surface area contributed by atoms with Crippen molar-refractivity contribution in [1.29, 1.82) is 0 Å². The Bertz CT molecular complexity index is 1160. The quantitative estimate of drug-likeness (QED) is 0.396. The fourth-order valence-electron chi connectivity index (χ4n) is 3.48. The predicted octanol–water partition coefficient (Wildman–Crippen LogP) is 4.88. The number of fused-ring (bicyclic) bond motifs is 1. The zero-order valence-electron chi connectivity index (χ0n) is 16.1. The molecule has 4 N–H and O–H groups in total. The highest BCUT2D eigenvalue weighted by atomic mass is 16.5. The van der Waals surface area contributed by atoms with Crippen molar-refractivity contribution in [2.45, 2.75) is 19.6 Å². The van der Waals surface area contributed by atoms with Crippen LogP contribution in [0.2, 0.25) is 0 Å². The third-order valence-electron chi connectivity index (χ3n) is 4.83. The SMILES string of the molecule is C=C(O)Cc1ccccc1OCc1cc(-c2ccnc(CN)c2)c2cc[nH]c2c1. The number of para-hydroxylation sites is 1. The Balaban J connectivity index is 1.67. The van der Waals surface area contributed by atoms with Crippen LogP contribution < -0.4 is 10.5 Å². The van der Waals surface area contributed by atoms with Crippen molar-refractivity contribution in [3.05, 3.63) is 96.1 Å². The molecular formula is C24H23N3O2. The molecule has 5 heteroatoms. The Morgan fingerprint density at radius 1 is 1.14 bits per heavy atom. The van der Waals surface area contributed by atoms with Gasteiger partial charge in [0.05, 0.1) is 11.5 Å². The van der Waals surface area contributed by atoms with Crippen molar-refractivity contribution < 1.29 is 9.84 Å². The summed E-state index contributed by atoms with van der Waals surface area (Å²) < 4.78 is 6.09. The molecule has 0 fully saturated rings. The van der Waals surface area contributed by atoms with Gasteiger partial charge in [-0.2, -0.15) is 0 Å². The zero-order chi connectivity index (χ0) is 20.2. The van der Waals surface area contributed by atoms with Crippen LogP contribution in [0.15, 0.2) is 79.3 Å². The number of nitrogens with one attached hydrogen (secondary N) is 1. The number of aromatic nitrogens is 2. The lowest BCUT2D eigenvalue weighted by molar-refractivity contribution is 0.301. The van der Waals surface area contributed by atoms with Crippen LogP contribution in [0.1, 0.15) is 16.8 Å². The van der Waals surface area contributed by atoms with E-state index < -0.39 is 0 Å². The molecule has 2 aromatic carbocycles. The van der Waals surface area contributed by atoms with Crippen molar-refractivity contribution >= 4 is 10.9 Å². The average molecular weight is 385 g/mol. The van der Waals surface area contributed by atoms with Gasteiger partial charge >= 0.3 is 0 Å². The van der Waals surface area contributed by atoms with E-state index in [2.05, 4.69) is 34.7 Å². The first kappa shape index (κ1) is 18.8. The van der Waals surface area contributed by atoms with Crippen LogP contribution in [0, 0.1) is 0 Å². The second kappa shape index (κ2) is 8.20. The van der Waals surface area contributed by atoms with Crippen molar-refractivity contribution in [2.24, 2.45) is 5.73 Å². The third-order valence-corrected chi connectivity index (χ3v) is 4.83. The lowest BCUT2D eigenvalue weighted by atomic mass is 9.99. The van der Waals surface area contributed by atoms with Crippen molar-refractivity contribution in [3.8, 4) is 16.9 Å². The summed E-state index contributed by atoms with van der Waals surface area (Å²) in [6, 6.07) is 18.0. The summed E-state index contributed by atoms with van der Waals surface area (Å²) in [6.07, 6.45) is 4.10. The smallest absolute Gasteiger partial charge is 0.123 e. The Hall–Kier alpha value is -3.57. The molecule has 0 saturated carbocycles.